The van der Waals surface area contributed by atoms with Gasteiger partial charge in [-0.15, -0.1) is 0 Å². The highest BCUT2D eigenvalue weighted by Gasteiger charge is 2.02. The molecule has 0 N–H and O–H groups in total. The minimum atomic E-state index is 0.331. The molecule has 0 aliphatic carbocycles. The molecule has 0 aliphatic rings. The molecule has 0 bridgehead atoms. The summed E-state index contributed by atoms with van der Waals surface area (Å²) in [6.45, 7) is 2.08. The minimum Gasteiger partial charge on any atom is -0.485 e. The molecule has 0 aliphatic heterocycles. The number of benzene rings is 1. The largest absolute Gasteiger partial charge is 0.485 e. The predicted molar refractivity (Wildman–Crippen MR) is 62.5 cm³/mol. The Morgan fingerprint density at radius 1 is 1.47 bits per heavy atom. The van der Waals surface area contributed by atoms with E-state index in [0.29, 0.717) is 18.3 Å². The summed E-state index contributed by atoms with van der Waals surface area (Å²) in [5, 5.41) is 3.74. The highest BCUT2D eigenvalue weighted by Crippen LogP contribution is 2.15. The van der Waals surface area contributed by atoms with Crippen molar-refractivity contribution < 1.29 is 9.26 Å². The van der Waals surface area contributed by atoms with Crippen LogP contribution >= 0.6 is 22.6 Å². The Morgan fingerprint density at radius 3 is 3.00 bits per heavy atom. The SMILES string of the molecule is Cc1nc(COc2cccc(I)c2)no1. The molecule has 0 saturated heterocycles. The predicted octanol–water partition coefficient (Wildman–Crippen LogP) is 2.56. The van der Waals surface area contributed by atoms with Crippen LogP contribution in [-0.4, -0.2) is 10.1 Å². The lowest BCUT2D eigenvalue weighted by Gasteiger charge is -2.02. The third-order valence-corrected chi connectivity index (χ3v) is 2.40. The van der Waals surface area contributed by atoms with Crippen molar-refractivity contribution in [2.75, 3.05) is 0 Å². The molecule has 0 fully saturated rings. The lowest BCUT2D eigenvalue weighted by molar-refractivity contribution is 0.285. The maximum absolute atomic E-state index is 5.50. The van der Waals surface area contributed by atoms with Crippen LogP contribution in [0.3, 0.4) is 0 Å². The Labute approximate surface area is 101 Å². The zero-order chi connectivity index (χ0) is 10.7. The Balaban J connectivity index is 1.99. The van der Waals surface area contributed by atoms with E-state index in [0.717, 1.165) is 9.32 Å². The molecule has 2 aromatic rings. The number of hydrogen-bond donors (Lipinski definition) is 0. The molecule has 0 spiro atoms. The van der Waals surface area contributed by atoms with Crippen LogP contribution in [0.25, 0.3) is 0 Å². The monoisotopic (exact) mass is 316 g/mol. The molecule has 0 atom stereocenters. The number of aromatic nitrogens is 2. The lowest BCUT2D eigenvalue weighted by Crippen LogP contribution is -1.97. The molecule has 4 nitrogen and oxygen atoms in total. The van der Waals surface area contributed by atoms with Crippen molar-refractivity contribution in [3.05, 3.63) is 39.6 Å². The fourth-order valence-corrected chi connectivity index (χ4v) is 1.62. The Hall–Kier alpha value is -1.11. The first kappa shape index (κ1) is 10.4. The quantitative estimate of drug-likeness (QED) is 0.817. The van der Waals surface area contributed by atoms with Crippen LogP contribution in [0, 0.1) is 10.5 Å². The van der Waals surface area contributed by atoms with Crippen LogP contribution in [-0.2, 0) is 6.61 Å². The highest BCUT2D eigenvalue weighted by atomic mass is 127. The molecular weight excluding hydrogens is 307 g/mol. The summed E-state index contributed by atoms with van der Waals surface area (Å²) in [6.07, 6.45) is 0. The number of rotatable bonds is 3. The molecule has 0 saturated carbocycles. The highest BCUT2D eigenvalue weighted by molar-refractivity contribution is 14.1. The molecule has 2 rings (SSSR count). The van der Waals surface area contributed by atoms with Gasteiger partial charge in [-0.2, -0.15) is 4.98 Å². The molecule has 0 unspecified atom stereocenters. The van der Waals surface area contributed by atoms with Crippen molar-refractivity contribution in [3.63, 3.8) is 0 Å². The Kier molecular flexibility index (Phi) is 3.20. The molecular formula is C10H9IN2O2. The van der Waals surface area contributed by atoms with Crippen molar-refractivity contribution in [3.8, 4) is 5.75 Å². The van der Waals surface area contributed by atoms with Gasteiger partial charge in [0.1, 0.15) is 5.75 Å². The van der Waals surface area contributed by atoms with Crippen molar-refractivity contribution in [1.29, 1.82) is 0 Å². The van der Waals surface area contributed by atoms with Crippen molar-refractivity contribution >= 4 is 22.6 Å². The molecule has 0 amide bonds. The number of ether oxygens (including phenoxy) is 1. The van der Waals surface area contributed by atoms with Gasteiger partial charge in [-0.1, -0.05) is 11.2 Å². The van der Waals surface area contributed by atoms with Gasteiger partial charge in [0.15, 0.2) is 6.61 Å². The van der Waals surface area contributed by atoms with E-state index in [9.17, 15) is 0 Å². The van der Waals surface area contributed by atoms with E-state index in [2.05, 4.69) is 32.7 Å². The van der Waals surface area contributed by atoms with Gasteiger partial charge in [-0.3, -0.25) is 0 Å². The third-order valence-electron chi connectivity index (χ3n) is 1.73. The number of nitrogens with zero attached hydrogens (tertiary/aromatic N) is 2. The summed E-state index contributed by atoms with van der Waals surface area (Å²) in [6, 6.07) is 7.80. The third kappa shape index (κ3) is 2.92. The first-order valence-electron chi connectivity index (χ1n) is 4.41. The van der Waals surface area contributed by atoms with E-state index in [-0.39, 0.29) is 0 Å². The summed E-state index contributed by atoms with van der Waals surface area (Å²) in [4.78, 5) is 4.04. The smallest absolute Gasteiger partial charge is 0.223 e. The first-order chi connectivity index (χ1) is 7.24. The zero-order valence-electron chi connectivity index (χ0n) is 8.11. The van der Waals surface area contributed by atoms with Crippen LogP contribution in [0.4, 0.5) is 0 Å². The van der Waals surface area contributed by atoms with Crippen LogP contribution in [0.15, 0.2) is 28.8 Å². The molecule has 0 radical (unpaired) electrons. The maximum Gasteiger partial charge on any atom is 0.223 e. The van der Waals surface area contributed by atoms with Gasteiger partial charge < -0.3 is 9.26 Å². The van der Waals surface area contributed by atoms with Crippen LogP contribution in [0.5, 0.6) is 5.75 Å². The Bertz CT molecular complexity index is 456. The van der Waals surface area contributed by atoms with E-state index in [4.69, 9.17) is 9.26 Å². The van der Waals surface area contributed by atoms with Gasteiger partial charge >= 0.3 is 0 Å². The first-order valence-corrected chi connectivity index (χ1v) is 5.49. The van der Waals surface area contributed by atoms with E-state index in [1.54, 1.807) is 6.92 Å². The second-order valence-corrected chi connectivity index (χ2v) is 4.22. The molecule has 1 aromatic heterocycles. The summed E-state index contributed by atoms with van der Waals surface area (Å²) >= 11 is 2.23. The maximum atomic E-state index is 5.50. The van der Waals surface area contributed by atoms with E-state index >= 15 is 0 Å². The second kappa shape index (κ2) is 4.61. The average molecular weight is 316 g/mol. The van der Waals surface area contributed by atoms with Gasteiger partial charge in [0.2, 0.25) is 11.7 Å². The van der Waals surface area contributed by atoms with Gasteiger partial charge in [0.25, 0.3) is 0 Å². The van der Waals surface area contributed by atoms with Crippen molar-refractivity contribution in [2.45, 2.75) is 13.5 Å². The summed E-state index contributed by atoms with van der Waals surface area (Å²) in [5.74, 6) is 1.92. The van der Waals surface area contributed by atoms with Crippen molar-refractivity contribution in [2.24, 2.45) is 0 Å². The minimum absolute atomic E-state index is 0.331. The van der Waals surface area contributed by atoms with E-state index in [1.165, 1.54) is 0 Å². The molecule has 1 aromatic carbocycles. The Morgan fingerprint density at radius 2 is 2.33 bits per heavy atom. The summed E-state index contributed by atoms with van der Waals surface area (Å²) in [5.41, 5.74) is 0. The van der Waals surface area contributed by atoms with E-state index < -0.39 is 0 Å². The van der Waals surface area contributed by atoms with Gasteiger partial charge in [-0.05, 0) is 40.8 Å². The van der Waals surface area contributed by atoms with Gasteiger partial charge in [0, 0.05) is 10.5 Å². The van der Waals surface area contributed by atoms with Crippen molar-refractivity contribution in [1.82, 2.24) is 10.1 Å². The summed E-state index contributed by atoms with van der Waals surface area (Å²) in [7, 11) is 0. The normalized spacial score (nSPS) is 10.3. The van der Waals surface area contributed by atoms with Crippen LogP contribution in [0.2, 0.25) is 0 Å². The van der Waals surface area contributed by atoms with Crippen LogP contribution in [0.1, 0.15) is 11.7 Å². The topological polar surface area (TPSA) is 48.2 Å². The molecule has 15 heavy (non-hydrogen) atoms. The zero-order valence-corrected chi connectivity index (χ0v) is 10.3. The fourth-order valence-electron chi connectivity index (χ4n) is 1.10. The van der Waals surface area contributed by atoms with Crippen LogP contribution < -0.4 is 4.74 Å². The number of aryl methyl sites for hydroxylation is 1. The molecule has 5 heteroatoms. The average Bonchev–Trinajstić information content (AvgIpc) is 2.62. The lowest BCUT2D eigenvalue weighted by atomic mass is 10.3. The number of hydrogen-bond acceptors (Lipinski definition) is 4. The fraction of sp³-hybridized carbons (Fsp3) is 0.200. The summed E-state index contributed by atoms with van der Waals surface area (Å²) < 4.78 is 11.5. The molecule has 1 heterocycles. The van der Waals surface area contributed by atoms with E-state index in [1.807, 2.05) is 24.3 Å². The van der Waals surface area contributed by atoms with Gasteiger partial charge in [0.05, 0.1) is 0 Å². The molecule has 78 valence electrons. The second-order valence-electron chi connectivity index (χ2n) is 2.98. The standard InChI is InChI=1S/C10H9IN2O2/c1-7-12-10(13-15-7)6-14-9-4-2-3-8(11)5-9/h2-5H,6H2,1H3. The van der Waals surface area contributed by atoms with Gasteiger partial charge in [-0.25, -0.2) is 0 Å². The number of halogens is 1.